The highest BCUT2D eigenvalue weighted by molar-refractivity contribution is 5.70. The van der Waals surface area contributed by atoms with Crippen molar-refractivity contribution in [1.82, 2.24) is 4.90 Å². The summed E-state index contributed by atoms with van der Waals surface area (Å²) in [6.07, 6.45) is -0.330. The van der Waals surface area contributed by atoms with Crippen LogP contribution in [0.2, 0.25) is 0 Å². The summed E-state index contributed by atoms with van der Waals surface area (Å²) in [6.45, 7) is 7.02. The maximum atomic E-state index is 12.0. The van der Waals surface area contributed by atoms with E-state index in [0.717, 1.165) is 10.0 Å². The highest BCUT2D eigenvalue weighted by Crippen LogP contribution is 2.36. The third kappa shape index (κ3) is 4.44. The van der Waals surface area contributed by atoms with Crippen molar-refractivity contribution in [1.29, 1.82) is 0 Å². The molecule has 0 fully saturated rings. The predicted molar refractivity (Wildman–Crippen MR) is 106 cm³/mol. The van der Waals surface area contributed by atoms with E-state index in [1.54, 1.807) is 11.9 Å². The molecule has 2 atom stereocenters. The van der Waals surface area contributed by atoms with E-state index < -0.39 is 0 Å². The summed E-state index contributed by atoms with van der Waals surface area (Å²) in [5, 5.41) is 0. The number of carbonyl (C=O) groups is 1. The molecule has 0 saturated heterocycles. The van der Waals surface area contributed by atoms with Gasteiger partial charge in [0.25, 0.3) is 0 Å². The van der Waals surface area contributed by atoms with Gasteiger partial charge in [0.2, 0.25) is 0 Å². The molecule has 4 nitrogen and oxygen atoms in total. The summed E-state index contributed by atoms with van der Waals surface area (Å²) < 4.78 is 6.30. The molecule has 1 amide bonds. The Hall–Kier alpha value is -2.33. The Morgan fingerprint density at radius 2 is 1.58 bits per heavy atom. The number of quaternary nitrogens is 1. The van der Waals surface area contributed by atoms with Crippen LogP contribution in [0.4, 0.5) is 4.79 Å². The monoisotopic (exact) mass is 355 g/mol. The van der Waals surface area contributed by atoms with Crippen LogP contribution in [-0.2, 0) is 0 Å². The second kappa shape index (κ2) is 8.37. The zero-order valence-electron chi connectivity index (χ0n) is 16.8. The van der Waals surface area contributed by atoms with Crippen LogP contribution in [0.25, 0.3) is 0 Å². The van der Waals surface area contributed by atoms with Gasteiger partial charge in [0.15, 0.2) is 0 Å². The molecular formula is C22H31N2O2+. The van der Waals surface area contributed by atoms with Gasteiger partial charge in [0, 0.05) is 24.7 Å². The van der Waals surface area contributed by atoms with Crippen molar-refractivity contribution in [3.05, 3.63) is 65.7 Å². The third-order valence-corrected chi connectivity index (χ3v) is 5.61. The SMILES string of the molecule is CCN(C)C(=O)Oc1cccc([C@H](C)[N+](C)(C)[C@@H](C)c2ccccc2)c1. The predicted octanol–water partition coefficient (Wildman–Crippen LogP) is 5.04. The highest BCUT2D eigenvalue weighted by atomic mass is 16.6. The van der Waals surface area contributed by atoms with Crippen LogP contribution in [0, 0.1) is 0 Å². The van der Waals surface area contributed by atoms with Crippen LogP contribution in [-0.4, -0.2) is 43.2 Å². The van der Waals surface area contributed by atoms with Crippen molar-refractivity contribution in [3.8, 4) is 5.75 Å². The average molecular weight is 356 g/mol. The fraction of sp³-hybridized carbons (Fsp3) is 0.409. The van der Waals surface area contributed by atoms with Gasteiger partial charge in [0.1, 0.15) is 17.8 Å². The molecule has 4 heteroatoms. The second-order valence-electron chi connectivity index (χ2n) is 7.35. The third-order valence-electron chi connectivity index (χ3n) is 5.61. The van der Waals surface area contributed by atoms with Crippen LogP contribution in [0.5, 0.6) is 5.75 Å². The van der Waals surface area contributed by atoms with Crippen LogP contribution in [0.3, 0.4) is 0 Å². The molecule has 0 spiro atoms. The molecule has 0 heterocycles. The molecule has 0 unspecified atom stereocenters. The molecule has 140 valence electrons. The lowest BCUT2D eigenvalue weighted by Gasteiger charge is -2.42. The van der Waals surface area contributed by atoms with Crippen molar-refractivity contribution >= 4 is 6.09 Å². The standard InChI is InChI=1S/C22H31N2O2/c1-7-23(4)22(25)26-21-15-11-14-20(16-21)18(3)24(5,6)17(2)19-12-9-8-10-13-19/h8-18H,7H2,1-6H3/q+1/t17-,18-/m0/s1. The number of rotatable bonds is 6. The number of amides is 1. The molecule has 0 saturated carbocycles. The first-order valence-corrected chi connectivity index (χ1v) is 9.18. The maximum Gasteiger partial charge on any atom is 0.414 e. The van der Waals surface area contributed by atoms with Crippen LogP contribution in [0.1, 0.15) is 44.0 Å². The molecule has 2 aromatic rings. The van der Waals surface area contributed by atoms with Crippen molar-refractivity contribution < 1.29 is 14.0 Å². The number of carbonyl (C=O) groups excluding carboxylic acids is 1. The Labute approximate surface area is 157 Å². The maximum absolute atomic E-state index is 12.0. The molecule has 0 N–H and O–H groups in total. The highest BCUT2D eigenvalue weighted by Gasteiger charge is 2.32. The van der Waals surface area contributed by atoms with E-state index in [-0.39, 0.29) is 12.1 Å². The summed E-state index contributed by atoms with van der Waals surface area (Å²) in [4.78, 5) is 13.6. The molecule has 0 bridgehead atoms. The molecule has 0 aromatic heterocycles. The van der Waals surface area contributed by atoms with Gasteiger partial charge in [-0.15, -0.1) is 0 Å². The molecule has 2 aromatic carbocycles. The minimum atomic E-state index is -0.330. The van der Waals surface area contributed by atoms with Gasteiger partial charge < -0.3 is 14.1 Å². The largest absolute Gasteiger partial charge is 0.414 e. The molecule has 0 radical (unpaired) electrons. The van der Waals surface area contributed by atoms with Crippen molar-refractivity contribution in [3.63, 3.8) is 0 Å². The normalized spacial score (nSPS) is 13.8. The number of hydrogen-bond acceptors (Lipinski definition) is 2. The Balaban J connectivity index is 2.21. The summed E-state index contributed by atoms with van der Waals surface area (Å²) >= 11 is 0. The Morgan fingerprint density at radius 1 is 1.00 bits per heavy atom. The first-order chi connectivity index (χ1) is 12.3. The smallest absolute Gasteiger partial charge is 0.410 e. The van der Waals surface area contributed by atoms with Gasteiger partial charge in [0.05, 0.1) is 14.1 Å². The summed E-state index contributed by atoms with van der Waals surface area (Å²) in [6, 6.07) is 19.0. The Bertz CT molecular complexity index is 728. The van der Waals surface area contributed by atoms with Gasteiger partial charge in [-0.05, 0) is 32.9 Å². The summed E-state index contributed by atoms with van der Waals surface area (Å²) in [7, 11) is 6.22. The van der Waals surface area contributed by atoms with Crippen LogP contribution in [0.15, 0.2) is 54.6 Å². The van der Waals surface area contributed by atoms with E-state index in [4.69, 9.17) is 4.74 Å². The number of hydrogen-bond donors (Lipinski definition) is 0. The molecular weight excluding hydrogens is 324 g/mol. The van der Waals surface area contributed by atoms with E-state index in [9.17, 15) is 4.79 Å². The van der Waals surface area contributed by atoms with E-state index in [0.29, 0.717) is 18.3 Å². The van der Waals surface area contributed by atoms with Gasteiger partial charge in [-0.1, -0.05) is 42.5 Å². The Morgan fingerprint density at radius 3 is 2.19 bits per heavy atom. The average Bonchev–Trinajstić information content (AvgIpc) is 2.66. The molecule has 26 heavy (non-hydrogen) atoms. The number of ether oxygens (including phenoxy) is 1. The van der Waals surface area contributed by atoms with Crippen molar-refractivity contribution in [2.24, 2.45) is 0 Å². The van der Waals surface area contributed by atoms with E-state index in [1.807, 2.05) is 31.2 Å². The van der Waals surface area contributed by atoms with Gasteiger partial charge in [-0.25, -0.2) is 4.79 Å². The number of benzene rings is 2. The fourth-order valence-corrected chi connectivity index (χ4v) is 2.98. The quantitative estimate of drug-likeness (QED) is 0.680. The number of nitrogens with zero attached hydrogens (tertiary/aromatic N) is 2. The minimum absolute atomic E-state index is 0.243. The zero-order chi connectivity index (χ0) is 19.3. The van der Waals surface area contributed by atoms with Crippen molar-refractivity contribution in [2.45, 2.75) is 32.9 Å². The van der Waals surface area contributed by atoms with Gasteiger partial charge in [-0.3, -0.25) is 0 Å². The second-order valence-corrected chi connectivity index (χ2v) is 7.35. The van der Waals surface area contributed by atoms with E-state index >= 15 is 0 Å². The molecule has 2 rings (SSSR count). The van der Waals surface area contributed by atoms with Crippen molar-refractivity contribution in [2.75, 3.05) is 27.7 Å². The lowest BCUT2D eigenvalue weighted by atomic mass is 9.99. The summed E-state index contributed by atoms with van der Waals surface area (Å²) in [5.41, 5.74) is 2.47. The van der Waals surface area contributed by atoms with Crippen LogP contribution < -0.4 is 4.74 Å². The molecule has 0 aliphatic rings. The van der Waals surface area contributed by atoms with Gasteiger partial charge in [-0.2, -0.15) is 0 Å². The van der Waals surface area contributed by atoms with E-state index in [2.05, 4.69) is 58.3 Å². The molecule has 0 aliphatic carbocycles. The lowest BCUT2D eigenvalue weighted by Crippen LogP contribution is -2.44. The molecule has 0 aliphatic heterocycles. The minimum Gasteiger partial charge on any atom is -0.410 e. The van der Waals surface area contributed by atoms with Crippen LogP contribution >= 0.6 is 0 Å². The first kappa shape index (κ1) is 20.0. The Kier molecular flexibility index (Phi) is 6.43. The summed E-state index contributed by atoms with van der Waals surface area (Å²) in [5.74, 6) is 0.590. The fourth-order valence-electron chi connectivity index (χ4n) is 2.98. The van der Waals surface area contributed by atoms with E-state index in [1.165, 1.54) is 5.56 Å². The first-order valence-electron chi connectivity index (χ1n) is 9.18. The lowest BCUT2D eigenvalue weighted by molar-refractivity contribution is -0.946. The topological polar surface area (TPSA) is 29.5 Å². The zero-order valence-corrected chi connectivity index (χ0v) is 16.8. The van der Waals surface area contributed by atoms with Gasteiger partial charge >= 0.3 is 6.09 Å².